The van der Waals surface area contributed by atoms with Crippen LogP contribution in [-0.2, 0) is 11.2 Å². The van der Waals surface area contributed by atoms with Crippen LogP contribution in [0.3, 0.4) is 0 Å². The van der Waals surface area contributed by atoms with Gasteiger partial charge < -0.3 is 4.79 Å². The molecule has 1 aliphatic rings. The van der Waals surface area contributed by atoms with Gasteiger partial charge >= 0.3 is 0 Å². The predicted octanol–water partition coefficient (Wildman–Crippen LogP) is 1.44. The third kappa shape index (κ3) is 2.40. The summed E-state index contributed by atoms with van der Waals surface area (Å²) >= 11 is 0. The van der Waals surface area contributed by atoms with E-state index < -0.39 is 0 Å². The lowest BCUT2D eigenvalue weighted by atomic mass is 10.0. The molecule has 2 atom stereocenters. The van der Waals surface area contributed by atoms with Gasteiger partial charge in [0, 0.05) is 6.04 Å². The largest absolute Gasteiger partial charge is 0.302 e. The summed E-state index contributed by atoms with van der Waals surface area (Å²) in [6.45, 7) is 4.21. The summed E-state index contributed by atoms with van der Waals surface area (Å²) in [5.41, 5.74) is 1.15. The molecule has 0 aliphatic carbocycles. The summed E-state index contributed by atoms with van der Waals surface area (Å²) in [4.78, 5) is 13.3. The lowest BCUT2D eigenvalue weighted by molar-refractivity contribution is -0.112. The van der Waals surface area contributed by atoms with Gasteiger partial charge in [0.25, 0.3) is 0 Å². The standard InChI is InChI=1S/C14H20N2O/c1-14(2)15-12(13(10-17)16(14)3)9-11-7-5-4-6-8-11/h4-8,10,12-13,15H,9H2,1-3H3. The smallest absolute Gasteiger partial charge is 0.138 e. The van der Waals surface area contributed by atoms with E-state index >= 15 is 0 Å². The van der Waals surface area contributed by atoms with E-state index in [9.17, 15) is 4.79 Å². The zero-order chi connectivity index (χ0) is 12.5. The lowest BCUT2D eigenvalue weighted by Gasteiger charge is -2.28. The molecule has 1 aliphatic heterocycles. The van der Waals surface area contributed by atoms with Crippen molar-refractivity contribution in [3.05, 3.63) is 35.9 Å². The van der Waals surface area contributed by atoms with Gasteiger partial charge in [-0.05, 0) is 32.9 Å². The Kier molecular flexibility index (Phi) is 3.31. The van der Waals surface area contributed by atoms with E-state index in [-0.39, 0.29) is 17.7 Å². The molecular formula is C14H20N2O. The highest BCUT2D eigenvalue weighted by Gasteiger charge is 2.42. The second kappa shape index (κ2) is 4.59. The fourth-order valence-corrected chi connectivity index (χ4v) is 2.51. The van der Waals surface area contributed by atoms with Crippen molar-refractivity contribution < 1.29 is 4.79 Å². The quantitative estimate of drug-likeness (QED) is 0.800. The topological polar surface area (TPSA) is 32.3 Å². The fraction of sp³-hybridized carbons (Fsp3) is 0.500. The number of nitrogens with one attached hydrogen (secondary N) is 1. The van der Waals surface area contributed by atoms with E-state index in [4.69, 9.17) is 0 Å². The molecule has 0 bridgehead atoms. The lowest BCUT2D eigenvalue weighted by Crippen LogP contribution is -2.45. The Morgan fingerprint density at radius 3 is 2.59 bits per heavy atom. The Morgan fingerprint density at radius 2 is 2.00 bits per heavy atom. The van der Waals surface area contributed by atoms with Crippen molar-refractivity contribution in [1.82, 2.24) is 10.2 Å². The van der Waals surface area contributed by atoms with Gasteiger partial charge in [-0.25, -0.2) is 0 Å². The van der Waals surface area contributed by atoms with Crippen molar-refractivity contribution in [2.24, 2.45) is 0 Å². The molecule has 1 heterocycles. The van der Waals surface area contributed by atoms with Crippen LogP contribution in [0.2, 0.25) is 0 Å². The predicted molar refractivity (Wildman–Crippen MR) is 68.8 cm³/mol. The minimum atomic E-state index is -0.120. The Labute approximate surface area is 103 Å². The van der Waals surface area contributed by atoms with Crippen LogP contribution in [0.25, 0.3) is 0 Å². The van der Waals surface area contributed by atoms with Crippen LogP contribution in [0.15, 0.2) is 30.3 Å². The van der Waals surface area contributed by atoms with E-state index in [0.29, 0.717) is 0 Å². The molecule has 0 radical (unpaired) electrons. The van der Waals surface area contributed by atoms with Crippen molar-refractivity contribution >= 4 is 6.29 Å². The molecule has 17 heavy (non-hydrogen) atoms. The Balaban J connectivity index is 2.14. The minimum Gasteiger partial charge on any atom is -0.302 e. The van der Waals surface area contributed by atoms with Crippen LogP contribution in [0.4, 0.5) is 0 Å². The zero-order valence-corrected chi connectivity index (χ0v) is 10.7. The minimum absolute atomic E-state index is 0.0507. The summed E-state index contributed by atoms with van der Waals surface area (Å²) in [5.74, 6) is 0. The first-order valence-corrected chi connectivity index (χ1v) is 6.04. The number of nitrogens with zero attached hydrogens (tertiary/aromatic N) is 1. The van der Waals surface area contributed by atoms with E-state index in [0.717, 1.165) is 12.7 Å². The fourth-order valence-electron chi connectivity index (χ4n) is 2.51. The van der Waals surface area contributed by atoms with Crippen molar-refractivity contribution in [2.45, 2.75) is 38.0 Å². The van der Waals surface area contributed by atoms with Gasteiger partial charge in [0.15, 0.2) is 0 Å². The molecule has 1 N–H and O–H groups in total. The number of carbonyl (C=O) groups excluding carboxylic acids is 1. The van der Waals surface area contributed by atoms with Crippen LogP contribution in [0, 0.1) is 0 Å². The molecule has 1 aromatic carbocycles. The summed E-state index contributed by atoms with van der Waals surface area (Å²) in [7, 11) is 2.00. The molecule has 0 aromatic heterocycles. The van der Waals surface area contributed by atoms with E-state index in [1.807, 2.05) is 25.2 Å². The molecule has 2 rings (SSSR count). The van der Waals surface area contributed by atoms with Crippen LogP contribution < -0.4 is 5.32 Å². The first-order valence-electron chi connectivity index (χ1n) is 6.04. The number of carbonyl (C=O) groups is 1. The van der Waals surface area contributed by atoms with E-state index in [1.165, 1.54) is 5.56 Å². The molecule has 3 heteroatoms. The highest BCUT2D eigenvalue weighted by atomic mass is 16.1. The first-order chi connectivity index (χ1) is 8.04. The summed E-state index contributed by atoms with van der Waals surface area (Å²) in [6, 6.07) is 10.4. The Morgan fingerprint density at radius 1 is 1.35 bits per heavy atom. The third-order valence-corrected chi connectivity index (χ3v) is 3.72. The second-order valence-corrected chi connectivity index (χ2v) is 5.24. The molecule has 3 nitrogen and oxygen atoms in total. The number of rotatable bonds is 3. The molecule has 0 saturated carbocycles. The SMILES string of the molecule is CN1C(C=O)C(Cc2ccccc2)NC1(C)C. The zero-order valence-electron chi connectivity index (χ0n) is 10.7. The van der Waals surface area contributed by atoms with Crippen LogP contribution in [-0.4, -0.2) is 36.0 Å². The maximum absolute atomic E-state index is 11.2. The van der Waals surface area contributed by atoms with Gasteiger partial charge in [-0.15, -0.1) is 0 Å². The molecule has 0 amide bonds. The molecular weight excluding hydrogens is 212 g/mol. The second-order valence-electron chi connectivity index (χ2n) is 5.24. The van der Waals surface area contributed by atoms with Gasteiger partial charge in [0.2, 0.25) is 0 Å². The molecule has 1 saturated heterocycles. The molecule has 92 valence electrons. The van der Waals surface area contributed by atoms with Crippen LogP contribution in [0.1, 0.15) is 19.4 Å². The average molecular weight is 232 g/mol. The summed E-state index contributed by atoms with van der Waals surface area (Å²) in [5, 5.41) is 3.52. The number of benzene rings is 1. The van der Waals surface area contributed by atoms with Gasteiger partial charge in [-0.3, -0.25) is 10.2 Å². The van der Waals surface area contributed by atoms with Crippen molar-refractivity contribution in [3.8, 4) is 0 Å². The third-order valence-electron chi connectivity index (χ3n) is 3.72. The van der Waals surface area contributed by atoms with Gasteiger partial charge in [0.05, 0.1) is 11.7 Å². The summed E-state index contributed by atoms with van der Waals surface area (Å²) < 4.78 is 0. The first kappa shape index (κ1) is 12.3. The monoisotopic (exact) mass is 232 g/mol. The van der Waals surface area contributed by atoms with Crippen LogP contribution >= 0.6 is 0 Å². The maximum atomic E-state index is 11.2. The normalized spacial score (nSPS) is 28.2. The van der Waals surface area contributed by atoms with Gasteiger partial charge in [0.1, 0.15) is 6.29 Å². The summed E-state index contributed by atoms with van der Waals surface area (Å²) in [6.07, 6.45) is 1.94. The van der Waals surface area contributed by atoms with Crippen molar-refractivity contribution in [2.75, 3.05) is 7.05 Å². The Bertz CT molecular complexity index is 388. The number of hydrogen-bond donors (Lipinski definition) is 1. The van der Waals surface area contributed by atoms with E-state index in [2.05, 4.69) is 36.2 Å². The molecule has 0 spiro atoms. The highest BCUT2D eigenvalue weighted by molar-refractivity contribution is 5.60. The Hall–Kier alpha value is -1.19. The van der Waals surface area contributed by atoms with Crippen molar-refractivity contribution in [1.29, 1.82) is 0 Å². The molecule has 1 aromatic rings. The number of likely N-dealkylation sites (N-methyl/N-ethyl adjacent to an activating group) is 1. The van der Waals surface area contributed by atoms with Crippen LogP contribution in [0.5, 0.6) is 0 Å². The molecule has 1 fully saturated rings. The maximum Gasteiger partial charge on any atom is 0.138 e. The highest BCUT2D eigenvalue weighted by Crippen LogP contribution is 2.24. The van der Waals surface area contributed by atoms with E-state index in [1.54, 1.807) is 0 Å². The van der Waals surface area contributed by atoms with Crippen molar-refractivity contribution in [3.63, 3.8) is 0 Å². The van der Waals surface area contributed by atoms with Gasteiger partial charge in [-0.2, -0.15) is 0 Å². The average Bonchev–Trinajstić information content (AvgIpc) is 2.51. The van der Waals surface area contributed by atoms with Gasteiger partial charge in [-0.1, -0.05) is 30.3 Å². The molecule has 2 unspecified atom stereocenters. The number of hydrogen-bond acceptors (Lipinski definition) is 3. The number of aldehydes is 1.